The first-order valence-corrected chi connectivity index (χ1v) is 4.34. The van der Waals surface area contributed by atoms with Crippen molar-refractivity contribution in [1.29, 1.82) is 0 Å². The molecular formula is C10H13NO2. The summed E-state index contributed by atoms with van der Waals surface area (Å²) in [5.41, 5.74) is 7.90. The second-order valence-electron chi connectivity index (χ2n) is 3.07. The molecule has 1 aliphatic heterocycles. The van der Waals surface area contributed by atoms with Gasteiger partial charge in [-0.25, -0.2) is 0 Å². The van der Waals surface area contributed by atoms with Crippen LogP contribution in [0.3, 0.4) is 0 Å². The van der Waals surface area contributed by atoms with E-state index in [2.05, 4.69) is 0 Å². The molecule has 3 nitrogen and oxygen atoms in total. The van der Waals surface area contributed by atoms with E-state index in [1.165, 1.54) is 5.56 Å². The van der Waals surface area contributed by atoms with Crippen molar-refractivity contribution in [2.45, 2.75) is 12.7 Å². The van der Waals surface area contributed by atoms with Crippen LogP contribution in [0.2, 0.25) is 0 Å². The third-order valence-electron chi connectivity index (χ3n) is 2.35. The molecule has 0 bridgehead atoms. The van der Waals surface area contributed by atoms with E-state index in [-0.39, 0.29) is 6.10 Å². The minimum absolute atomic E-state index is 0.00569. The number of rotatable bonds is 2. The third kappa shape index (κ3) is 1.30. The Morgan fingerprint density at radius 2 is 2.46 bits per heavy atom. The van der Waals surface area contributed by atoms with Crippen molar-refractivity contribution >= 4 is 0 Å². The summed E-state index contributed by atoms with van der Waals surface area (Å²) in [5, 5.41) is 0. The average Bonchev–Trinajstić information content (AvgIpc) is 2.60. The van der Waals surface area contributed by atoms with Crippen LogP contribution in [0.1, 0.15) is 17.2 Å². The smallest absolute Gasteiger partial charge is 0.125 e. The lowest BCUT2D eigenvalue weighted by Gasteiger charge is -2.11. The van der Waals surface area contributed by atoms with Crippen molar-refractivity contribution in [3.63, 3.8) is 0 Å². The summed E-state index contributed by atoms with van der Waals surface area (Å²) < 4.78 is 10.8. The summed E-state index contributed by atoms with van der Waals surface area (Å²) in [4.78, 5) is 0. The molecule has 0 aromatic heterocycles. The van der Waals surface area contributed by atoms with Gasteiger partial charge in [-0.2, -0.15) is 0 Å². The van der Waals surface area contributed by atoms with Gasteiger partial charge in [-0.15, -0.1) is 0 Å². The molecule has 1 unspecified atom stereocenters. The van der Waals surface area contributed by atoms with Crippen molar-refractivity contribution in [2.75, 3.05) is 13.7 Å². The monoisotopic (exact) mass is 179 g/mol. The molecule has 13 heavy (non-hydrogen) atoms. The van der Waals surface area contributed by atoms with E-state index in [0.29, 0.717) is 13.2 Å². The Morgan fingerprint density at radius 3 is 3.15 bits per heavy atom. The highest BCUT2D eigenvalue weighted by Crippen LogP contribution is 2.36. The van der Waals surface area contributed by atoms with Gasteiger partial charge in [0, 0.05) is 12.1 Å². The highest BCUT2D eigenvalue weighted by molar-refractivity contribution is 5.43. The third-order valence-corrected chi connectivity index (χ3v) is 2.35. The number of methoxy groups -OCH3 is 1. The molecule has 0 amide bonds. The molecule has 0 saturated carbocycles. The summed E-state index contributed by atoms with van der Waals surface area (Å²) >= 11 is 0. The fourth-order valence-electron chi connectivity index (χ4n) is 1.72. The maximum absolute atomic E-state index is 5.59. The van der Waals surface area contributed by atoms with Crippen LogP contribution in [0.25, 0.3) is 0 Å². The summed E-state index contributed by atoms with van der Waals surface area (Å²) in [6.45, 7) is 1.15. The van der Waals surface area contributed by atoms with Gasteiger partial charge in [0.2, 0.25) is 0 Å². The molecule has 0 radical (unpaired) electrons. The van der Waals surface area contributed by atoms with E-state index < -0.39 is 0 Å². The van der Waals surface area contributed by atoms with Gasteiger partial charge in [-0.05, 0) is 11.6 Å². The lowest BCUT2D eigenvalue weighted by atomic mass is 10.0. The Bertz CT molecular complexity index is 312. The van der Waals surface area contributed by atoms with Crippen molar-refractivity contribution in [3.05, 3.63) is 29.3 Å². The number of ether oxygens (including phenoxy) is 2. The summed E-state index contributed by atoms with van der Waals surface area (Å²) in [5.74, 6) is 0.880. The number of benzene rings is 1. The van der Waals surface area contributed by atoms with Crippen LogP contribution >= 0.6 is 0 Å². The van der Waals surface area contributed by atoms with E-state index >= 15 is 0 Å². The maximum atomic E-state index is 5.59. The number of nitrogens with two attached hydrogens (primary N) is 1. The number of fused-ring (bicyclic) bond motifs is 1. The van der Waals surface area contributed by atoms with Crippen LogP contribution in [-0.2, 0) is 11.3 Å². The first-order chi connectivity index (χ1) is 6.36. The van der Waals surface area contributed by atoms with Gasteiger partial charge >= 0.3 is 0 Å². The molecule has 1 heterocycles. The Labute approximate surface area is 77.5 Å². The SMILES string of the molecule is COc1cccc2c1C(CN)OC2. The first-order valence-electron chi connectivity index (χ1n) is 4.34. The lowest BCUT2D eigenvalue weighted by Crippen LogP contribution is -2.11. The van der Waals surface area contributed by atoms with Gasteiger partial charge in [-0.1, -0.05) is 12.1 Å². The molecular weight excluding hydrogens is 166 g/mol. The highest BCUT2D eigenvalue weighted by Gasteiger charge is 2.25. The Hall–Kier alpha value is -1.06. The first kappa shape index (κ1) is 8.53. The summed E-state index contributed by atoms with van der Waals surface area (Å²) in [6, 6.07) is 5.96. The van der Waals surface area contributed by atoms with Gasteiger partial charge in [0.1, 0.15) is 5.75 Å². The average molecular weight is 179 g/mol. The minimum Gasteiger partial charge on any atom is -0.496 e. The van der Waals surface area contributed by atoms with Crippen LogP contribution < -0.4 is 10.5 Å². The molecule has 0 fully saturated rings. The lowest BCUT2D eigenvalue weighted by molar-refractivity contribution is 0.0713. The van der Waals surface area contributed by atoms with E-state index in [9.17, 15) is 0 Å². The van der Waals surface area contributed by atoms with Crippen molar-refractivity contribution in [3.8, 4) is 5.75 Å². The second-order valence-corrected chi connectivity index (χ2v) is 3.07. The molecule has 70 valence electrons. The molecule has 1 aromatic rings. The van der Waals surface area contributed by atoms with Crippen LogP contribution in [0, 0.1) is 0 Å². The predicted molar refractivity (Wildman–Crippen MR) is 49.6 cm³/mol. The topological polar surface area (TPSA) is 44.5 Å². The van der Waals surface area contributed by atoms with E-state index in [1.54, 1.807) is 7.11 Å². The van der Waals surface area contributed by atoms with Crippen molar-refractivity contribution in [1.82, 2.24) is 0 Å². The fourth-order valence-corrected chi connectivity index (χ4v) is 1.72. The largest absolute Gasteiger partial charge is 0.496 e. The molecule has 0 spiro atoms. The Morgan fingerprint density at radius 1 is 1.62 bits per heavy atom. The highest BCUT2D eigenvalue weighted by atomic mass is 16.5. The van der Waals surface area contributed by atoms with Crippen molar-refractivity contribution in [2.24, 2.45) is 5.73 Å². The van der Waals surface area contributed by atoms with Crippen LogP contribution in [-0.4, -0.2) is 13.7 Å². The van der Waals surface area contributed by atoms with Crippen LogP contribution in [0.15, 0.2) is 18.2 Å². The molecule has 3 heteroatoms. The molecule has 2 rings (SSSR count). The normalized spacial score (nSPS) is 20.0. The molecule has 0 aliphatic carbocycles. The fraction of sp³-hybridized carbons (Fsp3) is 0.400. The van der Waals surface area contributed by atoms with E-state index in [0.717, 1.165) is 11.3 Å². The predicted octanol–water partition coefficient (Wildman–Crippen LogP) is 1.23. The van der Waals surface area contributed by atoms with Crippen LogP contribution in [0.5, 0.6) is 5.75 Å². The molecule has 2 N–H and O–H groups in total. The second kappa shape index (κ2) is 3.36. The van der Waals surface area contributed by atoms with E-state index in [1.807, 2.05) is 18.2 Å². The van der Waals surface area contributed by atoms with Crippen molar-refractivity contribution < 1.29 is 9.47 Å². The van der Waals surface area contributed by atoms with Gasteiger partial charge in [0.15, 0.2) is 0 Å². The zero-order chi connectivity index (χ0) is 9.26. The zero-order valence-corrected chi connectivity index (χ0v) is 7.62. The Kier molecular flexibility index (Phi) is 2.20. The molecule has 1 aromatic carbocycles. The Balaban J connectivity index is 2.46. The summed E-state index contributed by atoms with van der Waals surface area (Å²) in [6.07, 6.45) is 0.00569. The van der Waals surface area contributed by atoms with Gasteiger partial charge in [-0.3, -0.25) is 0 Å². The maximum Gasteiger partial charge on any atom is 0.125 e. The standard InChI is InChI=1S/C10H13NO2/c1-12-8-4-2-3-7-6-13-9(5-11)10(7)8/h2-4,9H,5-6,11H2,1H3. The number of hydrogen-bond acceptors (Lipinski definition) is 3. The minimum atomic E-state index is 0.00569. The molecule has 1 atom stereocenters. The van der Waals surface area contributed by atoms with Crippen LogP contribution in [0.4, 0.5) is 0 Å². The molecule has 0 saturated heterocycles. The zero-order valence-electron chi connectivity index (χ0n) is 7.62. The van der Waals surface area contributed by atoms with Gasteiger partial charge in [0.25, 0.3) is 0 Å². The summed E-state index contributed by atoms with van der Waals surface area (Å²) in [7, 11) is 1.67. The quantitative estimate of drug-likeness (QED) is 0.742. The van der Waals surface area contributed by atoms with Gasteiger partial charge in [0.05, 0.1) is 19.8 Å². The number of hydrogen-bond donors (Lipinski definition) is 1. The molecule has 1 aliphatic rings. The van der Waals surface area contributed by atoms with E-state index in [4.69, 9.17) is 15.2 Å². The van der Waals surface area contributed by atoms with Gasteiger partial charge < -0.3 is 15.2 Å².